The molecule has 1 heterocycles. The predicted octanol–water partition coefficient (Wildman–Crippen LogP) is 2.64. The minimum Gasteiger partial charge on any atom is -0.399 e. The van der Waals surface area contributed by atoms with E-state index < -0.39 is 0 Å². The average molecular weight is 271 g/mol. The normalized spacial score (nSPS) is 22.2. The number of hydrogen-bond acceptors (Lipinski definition) is 4. The number of aromatic nitrogens is 1. The Hall–Kier alpha value is -1.81. The van der Waals surface area contributed by atoms with Crippen LogP contribution >= 0.6 is 0 Å². The van der Waals surface area contributed by atoms with E-state index in [1.54, 1.807) is 0 Å². The first-order valence-electron chi connectivity index (χ1n) is 7.27. The van der Waals surface area contributed by atoms with E-state index in [2.05, 4.69) is 10.3 Å². The van der Waals surface area contributed by atoms with Crippen LogP contribution in [0.25, 0.3) is 10.9 Å². The highest BCUT2D eigenvalue weighted by atomic mass is 16.3. The number of nitrogens with zero attached hydrogens (tertiary/aromatic N) is 1. The van der Waals surface area contributed by atoms with Gasteiger partial charge in [0.25, 0.3) is 0 Å². The van der Waals surface area contributed by atoms with Gasteiger partial charge in [0.1, 0.15) is 0 Å². The van der Waals surface area contributed by atoms with E-state index in [0.717, 1.165) is 35.2 Å². The number of aliphatic hydroxyl groups excluding tert-OH is 1. The van der Waals surface area contributed by atoms with Gasteiger partial charge in [0.05, 0.1) is 5.52 Å². The summed E-state index contributed by atoms with van der Waals surface area (Å²) in [7, 11) is 0. The smallest absolute Gasteiger partial charge is 0.0743 e. The van der Waals surface area contributed by atoms with Gasteiger partial charge in [-0.3, -0.25) is 4.98 Å². The number of pyridine rings is 1. The SMILES string of the molecule is Nc1ccc2c(NCC3CCCC3CO)ccnc2c1. The van der Waals surface area contributed by atoms with E-state index in [0.29, 0.717) is 18.4 Å². The van der Waals surface area contributed by atoms with Gasteiger partial charge < -0.3 is 16.2 Å². The van der Waals surface area contributed by atoms with Crippen LogP contribution in [0.2, 0.25) is 0 Å². The summed E-state index contributed by atoms with van der Waals surface area (Å²) in [6.07, 6.45) is 5.39. The molecule has 0 spiro atoms. The molecule has 0 aliphatic heterocycles. The summed E-state index contributed by atoms with van der Waals surface area (Å²) in [5, 5.41) is 14.0. The molecule has 2 aromatic rings. The zero-order valence-electron chi connectivity index (χ0n) is 11.5. The monoisotopic (exact) mass is 271 g/mol. The maximum atomic E-state index is 9.38. The lowest BCUT2D eigenvalue weighted by atomic mass is 9.97. The van der Waals surface area contributed by atoms with Gasteiger partial charge in [0, 0.05) is 36.1 Å². The van der Waals surface area contributed by atoms with Crippen LogP contribution in [0.15, 0.2) is 30.5 Å². The van der Waals surface area contributed by atoms with Crippen LogP contribution in [-0.2, 0) is 0 Å². The molecular formula is C16H21N3O. The second-order valence-corrected chi connectivity index (χ2v) is 5.65. The summed E-state index contributed by atoms with van der Waals surface area (Å²) in [6.45, 7) is 1.22. The van der Waals surface area contributed by atoms with Crippen molar-refractivity contribution in [1.82, 2.24) is 4.98 Å². The minimum atomic E-state index is 0.306. The van der Waals surface area contributed by atoms with E-state index in [-0.39, 0.29) is 0 Å². The highest BCUT2D eigenvalue weighted by Gasteiger charge is 2.26. The second kappa shape index (κ2) is 5.67. The van der Waals surface area contributed by atoms with Gasteiger partial charge in [-0.05, 0) is 48.9 Å². The number of hydrogen-bond donors (Lipinski definition) is 3. The Bertz CT molecular complexity index is 599. The number of benzene rings is 1. The molecule has 1 fully saturated rings. The van der Waals surface area contributed by atoms with Gasteiger partial charge in [0.2, 0.25) is 0 Å². The summed E-state index contributed by atoms with van der Waals surface area (Å²) in [5.74, 6) is 1.02. The molecule has 2 atom stereocenters. The van der Waals surface area contributed by atoms with Crippen molar-refractivity contribution < 1.29 is 5.11 Å². The van der Waals surface area contributed by atoms with Gasteiger partial charge in [-0.1, -0.05) is 6.42 Å². The number of rotatable bonds is 4. The van der Waals surface area contributed by atoms with Crippen LogP contribution in [0, 0.1) is 11.8 Å². The van der Waals surface area contributed by atoms with Crippen molar-refractivity contribution in [3.8, 4) is 0 Å². The molecule has 4 nitrogen and oxygen atoms in total. The summed E-state index contributed by atoms with van der Waals surface area (Å²) < 4.78 is 0. The Kier molecular flexibility index (Phi) is 3.74. The van der Waals surface area contributed by atoms with Crippen molar-refractivity contribution >= 4 is 22.3 Å². The summed E-state index contributed by atoms with van der Waals surface area (Å²) in [4.78, 5) is 4.35. The van der Waals surface area contributed by atoms with Crippen molar-refractivity contribution in [2.75, 3.05) is 24.2 Å². The van der Waals surface area contributed by atoms with Crippen molar-refractivity contribution in [3.05, 3.63) is 30.5 Å². The first-order valence-corrected chi connectivity index (χ1v) is 7.27. The third-order valence-corrected chi connectivity index (χ3v) is 4.37. The molecule has 20 heavy (non-hydrogen) atoms. The summed E-state index contributed by atoms with van der Waals surface area (Å²) >= 11 is 0. The Morgan fingerprint density at radius 2 is 2.10 bits per heavy atom. The fourth-order valence-corrected chi connectivity index (χ4v) is 3.18. The third-order valence-electron chi connectivity index (χ3n) is 4.37. The highest BCUT2D eigenvalue weighted by Crippen LogP contribution is 2.32. The third kappa shape index (κ3) is 2.56. The molecule has 1 saturated carbocycles. The lowest BCUT2D eigenvalue weighted by molar-refractivity contribution is 0.199. The van der Waals surface area contributed by atoms with Gasteiger partial charge >= 0.3 is 0 Å². The van der Waals surface area contributed by atoms with E-state index in [9.17, 15) is 5.11 Å². The predicted molar refractivity (Wildman–Crippen MR) is 82.6 cm³/mol. The summed E-state index contributed by atoms with van der Waals surface area (Å²) in [6, 6.07) is 7.81. The standard InChI is InChI=1S/C16H21N3O/c17-13-4-5-14-15(6-7-18-16(14)8-13)19-9-11-2-1-3-12(11)10-20/h4-8,11-12,20H,1-3,9-10,17H2,(H,18,19). The van der Waals surface area contributed by atoms with Gasteiger partial charge in [-0.2, -0.15) is 0 Å². The molecule has 106 valence electrons. The molecule has 0 radical (unpaired) electrons. The molecule has 3 rings (SSSR count). The number of nitrogens with two attached hydrogens (primary N) is 1. The van der Waals surface area contributed by atoms with Crippen LogP contribution < -0.4 is 11.1 Å². The Morgan fingerprint density at radius 3 is 2.95 bits per heavy atom. The molecule has 0 amide bonds. The van der Waals surface area contributed by atoms with E-state index in [1.807, 2.05) is 30.5 Å². The molecule has 4 heteroatoms. The minimum absolute atomic E-state index is 0.306. The van der Waals surface area contributed by atoms with Crippen molar-refractivity contribution in [2.45, 2.75) is 19.3 Å². The quantitative estimate of drug-likeness (QED) is 0.748. The first-order chi connectivity index (χ1) is 9.78. The molecule has 1 aliphatic rings. The number of aliphatic hydroxyl groups is 1. The maximum absolute atomic E-state index is 9.38. The number of nitrogens with one attached hydrogen (secondary N) is 1. The van der Waals surface area contributed by atoms with E-state index >= 15 is 0 Å². The Balaban J connectivity index is 1.77. The Morgan fingerprint density at radius 1 is 1.25 bits per heavy atom. The van der Waals surface area contributed by atoms with E-state index in [4.69, 9.17) is 5.73 Å². The first kappa shape index (κ1) is 13.2. The average Bonchev–Trinajstić information content (AvgIpc) is 2.92. The lowest BCUT2D eigenvalue weighted by Gasteiger charge is -2.19. The molecule has 0 saturated heterocycles. The topological polar surface area (TPSA) is 71.2 Å². The molecule has 1 aromatic carbocycles. The molecule has 0 bridgehead atoms. The van der Waals surface area contributed by atoms with Crippen molar-refractivity contribution in [3.63, 3.8) is 0 Å². The molecule has 1 aliphatic carbocycles. The number of nitrogen functional groups attached to an aromatic ring is 1. The van der Waals surface area contributed by atoms with Gasteiger partial charge in [-0.25, -0.2) is 0 Å². The fourth-order valence-electron chi connectivity index (χ4n) is 3.18. The van der Waals surface area contributed by atoms with Crippen LogP contribution in [0.5, 0.6) is 0 Å². The lowest BCUT2D eigenvalue weighted by Crippen LogP contribution is -2.20. The second-order valence-electron chi connectivity index (χ2n) is 5.65. The Labute approximate surface area is 119 Å². The van der Waals surface area contributed by atoms with Gasteiger partial charge in [0.15, 0.2) is 0 Å². The molecule has 4 N–H and O–H groups in total. The highest BCUT2D eigenvalue weighted by molar-refractivity contribution is 5.92. The zero-order chi connectivity index (χ0) is 13.9. The van der Waals surface area contributed by atoms with Crippen molar-refractivity contribution in [1.29, 1.82) is 0 Å². The molecule has 1 aromatic heterocycles. The number of anilines is 2. The molecular weight excluding hydrogens is 250 g/mol. The maximum Gasteiger partial charge on any atom is 0.0743 e. The molecule has 2 unspecified atom stereocenters. The van der Waals surface area contributed by atoms with Crippen LogP contribution in [0.4, 0.5) is 11.4 Å². The van der Waals surface area contributed by atoms with Crippen molar-refractivity contribution in [2.24, 2.45) is 11.8 Å². The fraction of sp³-hybridized carbons (Fsp3) is 0.438. The van der Waals surface area contributed by atoms with Crippen LogP contribution in [0.1, 0.15) is 19.3 Å². The van der Waals surface area contributed by atoms with Crippen LogP contribution in [0.3, 0.4) is 0 Å². The van der Waals surface area contributed by atoms with E-state index in [1.165, 1.54) is 12.8 Å². The number of fused-ring (bicyclic) bond motifs is 1. The zero-order valence-corrected chi connectivity index (χ0v) is 11.5. The van der Waals surface area contributed by atoms with Crippen LogP contribution in [-0.4, -0.2) is 23.2 Å². The van der Waals surface area contributed by atoms with Gasteiger partial charge in [-0.15, -0.1) is 0 Å². The summed E-state index contributed by atoms with van der Waals surface area (Å²) in [5.41, 5.74) is 8.54. The largest absolute Gasteiger partial charge is 0.399 e.